The number of likely N-dealkylation sites (N-methyl/N-ethyl adjacent to an activating group) is 1. The van der Waals surface area contributed by atoms with E-state index in [1.165, 1.54) is 11.3 Å². The monoisotopic (exact) mass is 229 g/mol. The second kappa shape index (κ2) is 5.20. The second-order valence-electron chi connectivity index (χ2n) is 4.80. The summed E-state index contributed by atoms with van der Waals surface area (Å²) in [4.78, 5) is 4.56. The van der Waals surface area contributed by atoms with Gasteiger partial charge in [0.05, 0.1) is 12.6 Å². The van der Waals surface area contributed by atoms with Gasteiger partial charge in [-0.05, 0) is 38.1 Å². The van der Waals surface area contributed by atoms with Crippen molar-refractivity contribution in [2.75, 3.05) is 31.6 Å². The van der Waals surface area contributed by atoms with Gasteiger partial charge < -0.3 is 4.90 Å². The predicted octanol–water partition coefficient (Wildman–Crippen LogP) is 2.03. The van der Waals surface area contributed by atoms with Gasteiger partial charge in [-0.15, -0.1) is 0 Å². The molecule has 0 N–H and O–H groups in total. The Morgan fingerprint density at radius 1 is 1.53 bits per heavy atom. The van der Waals surface area contributed by atoms with Crippen molar-refractivity contribution >= 4 is 5.69 Å². The maximum absolute atomic E-state index is 8.71. The molecule has 17 heavy (non-hydrogen) atoms. The molecule has 1 saturated heterocycles. The SMILES string of the molecule is Cc1cccc(N2CCC(N(C)CC#N)C2)c1. The quantitative estimate of drug-likeness (QED) is 0.743. The molecule has 1 fully saturated rings. The first-order chi connectivity index (χ1) is 8.20. The number of hydrogen-bond donors (Lipinski definition) is 0. The van der Waals surface area contributed by atoms with E-state index >= 15 is 0 Å². The maximum Gasteiger partial charge on any atom is 0.0866 e. The van der Waals surface area contributed by atoms with E-state index in [-0.39, 0.29) is 0 Å². The zero-order chi connectivity index (χ0) is 12.3. The van der Waals surface area contributed by atoms with Crippen molar-refractivity contribution in [2.24, 2.45) is 0 Å². The first kappa shape index (κ1) is 11.9. The Hall–Kier alpha value is -1.53. The standard InChI is InChI=1S/C14H19N3/c1-12-4-3-5-13(10-12)17-8-6-14(11-17)16(2)9-7-15/h3-5,10,14H,6,8-9,11H2,1-2H3. The lowest BCUT2D eigenvalue weighted by Gasteiger charge is -2.23. The van der Waals surface area contributed by atoms with Crippen LogP contribution in [0.4, 0.5) is 5.69 Å². The van der Waals surface area contributed by atoms with Gasteiger partial charge in [-0.2, -0.15) is 5.26 Å². The molecule has 0 spiro atoms. The molecule has 0 radical (unpaired) electrons. The van der Waals surface area contributed by atoms with Crippen LogP contribution >= 0.6 is 0 Å². The molecule has 1 heterocycles. The molecule has 2 rings (SSSR count). The van der Waals surface area contributed by atoms with Gasteiger partial charge in [-0.3, -0.25) is 4.90 Å². The number of nitrogens with zero attached hydrogens (tertiary/aromatic N) is 3. The smallest absolute Gasteiger partial charge is 0.0866 e. The highest BCUT2D eigenvalue weighted by Gasteiger charge is 2.25. The van der Waals surface area contributed by atoms with Crippen LogP contribution in [0.5, 0.6) is 0 Å². The van der Waals surface area contributed by atoms with Crippen molar-refractivity contribution in [1.82, 2.24) is 4.90 Å². The predicted molar refractivity (Wildman–Crippen MR) is 70.0 cm³/mol. The summed E-state index contributed by atoms with van der Waals surface area (Å²) in [6.07, 6.45) is 1.14. The Morgan fingerprint density at radius 3 is 3.06 bits per heavy atom. The minimum Gasteiger partial charge on any atom is -0.370 e. The van der Waals surface area contributed by atoms with Gasteiger partial charge >= 0.3 is 0 Å². The molecular weight excluding hydrogens is 210 g/mol. The Kier molecular flexibility index (Phi) is 3.65. The molecule has 1 aromatic carbocycles. The van der Waals surface area contributed by atoms with Crippen LogP contribution in [-0.4, -0.2) is 37.6 Å². The second-order valence-corrected chi connectivity index (χ2v) is 4.80. The third kappa shape index (κ3) is 2.78. The fourth-order valence-corrected chi connectivity index (χ4v) is 2.40. The highest BCUT2D eigenvalue weighted by atomic mass is 15.2. The minimum atomic E-state index is 0.509. The fourth-order valence-electron chi connectivity index (χ4n) is 2.40. The molecule has 1 aromatic rings. The number of hydrogen-bond acceptors (Lipinski definition) is 3. The molecular formula is C14H19N3. The minimum absolute atomic E-state index is 0.509. The molecule has 0 saturated carbocycles. The summed E-state index contributed by atoms with van der Waals surface area (Å²) in [6.45, 7) is 4.76. The average molecular weight is 229 g/mol. The number of rotatable bonds is 3. The number of aryl methyl sites for hydroxylation is 1. The van der Waals surface area contributed by atoms with Gasteiger partial charge in [0.15, 0.2) is 0 Å². The normalized spacial score (nSPS) is 19.6. The Morgan fingerprint density at radius 2 is 2.35 bits per heavy atom. The first-order valence-electron chi connectivity index (χ1n) is 6.09. The van der Waals surface area contributed by atoms with Crippen LogP contribution in [0.1, 0.15) is 12.0 Å². The van der Waals surface area contributed by atoms with Gasteiger partial charge in [0, 0.05) is 24.8 Å². The van der Waals surface area contributed by atoms with E-state index in [2.05, 4.69) is 47.1 Å². The van der Waals surface area contributed by atoms with E-state index in [1.54, 1.807) is 0 Å². The lowest BCUT2D eigenvalue weighted by molar-refractivity contribution is 0.289. The molecule has 0 bridgehead atoms. The third-order valence-electron chi connectivity index (χ3n) is 3.47. The zero-order valence-electron chi connectivity index (χ0n) is 10.6. The molecule has 1 atom stereocenters. The van der Waals surface area contributed by atoms with Gasteiger partial charge in [-0.25, -0.2) is 0 Å². The van der Waals surface area contributed by atoms with Gasteiger partial charge in [0.1, 0.15) is 0 Å². The number of nitriles is 1. The van der Waals surface area contributed by atoms with Crippen LogP contribution in [-0.2, 0) is 0 Å². The summed E-state index contributed by atoms with van der Waals surface area (Å²) in [5.74, 6) is 0. The van der Waals surface area contributed by atoms with Crippen LogP contribution in [0, 0.1) is 18.3 Å². The summed E-state index contributed by atoms with van der Waals surface area (Å²) in [7, 11) is 2.04. The van der Waals surface area contributed by atoms with E-state index < -0.39 is 0 Å². The molecule has 1 aliphatic heterocycles. The average Bonchev–Trinajstić information content (AvgIpc) is 2.78. The third-order valence-corrected chi connectivity index (χ3v) is 3.47. The molecule has 0 aromatic heterocycles. The Balaban J connectivity index is 2.01. The van der Waals surface area contributed by atoms with E-state index in [1.807, 2.05) is 7.05 Å². The van der Waals surface area contributed by atoms with Crippen molar-refractivity contribution in [1.29, 1.82) is 5.26 Å². The van der Waals surface area contributed by atoms with Crippen LogP contribution in [0.3, 0.4) is 0 Å². The van der Waals surface area contributed by atoms with Crippen LogP contribution < -0.4 is 4.90 Å². The molecule has 1 unspecified atom stereocenters. The van der Waals surface area contributed by atoms with Crippen molar-refractivity contribution < 1.29 is 0 Å². The largest absolute Gasteiger partial charge is 0.370 e. The molecule has 1 aliphatic rings. The van der Waals surface area contributed by atoms with E-state index in [0.717, 1.165) is 19.5 Å². The first-order valence-corrected chi connectivity index (χ1v) is 6.09. The molecule has 3 nitrogen and oxygen atoms in total. The van der Waals surface area contributed by atoms with Crippen molar-refractivity contribution in [3.8, 4) is 6.07 Å². The summed E-state index contributed by atoms with van der Waals surface area (Å²) in [5, 5.41) is 8.71. The topological polar surface area (TPSA) is 30.3 Å². The zero-order valence-corrected chi connectivity index (χ0v) is 10.6. The number of anilines is 1. The highest BCUT2D eigenvalue weighted by Crippen LogP contribution is 2.23. The van der Waals surface area contributed by atoms with Gasteiger partial charge in [-0.1, -0.05) is 12.1 Å². The van der Waals surface area contributed by atoms with Gasteiger partial charge in [0.25, 0.3) is 0 Å². The van der Waals surface area contributed by atoms with Crippen molar-refractivity contribution in [2.45, 2.75) is 19.4 Å². The molecule has 90 valence electrons. The molecule has 3 heteroatoms. The van der Waals surface area contributed by atoms with E-state index in [0.29, 0.717) is 12.6 Å². The van der Waals surface area contributed by atoms with Crippen LogP contribution in [0.15, 0.2) is 24.3 Å². The lowest BCUT2D eigenvalue weighted by Crippen LogP contribution is -2.34. The summed E-state index contributed by atoms with van der Waals surface area (Å²) < 4.78 is 0. The summed E-state index contributed by atoms with van der Waals surface area (Å²) in [5.41, 5.74) is 2.61. The Bertz CT molecular complexity index is 422. The van der Waals surface area contributed by atoms with Crippen LogP contribution in [0.25, 0.3) is 0 Å². The Labute approximate surface area is 103 Å². The summed E-state index contributed by atoms with van der Waals surface area (Å²) in [6, 6.07) is 11.4. The van der Waals surface area contributed by atoms with E-state index in [9.17, 15) is 0 Å². The van der Waals surface area contributed by atoms with Crippen molar-refractivity contribution in [3.63, 3.8) is 0 Å². The fraction of sp³-hybridized carbons (Fsp3) is 0.500. The molecule has 0 amide bonds. The highest BCUT2D eigenvalue weighted by molar-refractivity contribution is 5.49. The van der Waals surface area contributed by atoms with Crippen molar-refractivity contribution in [3.05, 3.63) is 29.8 Å². The van der Waals surface area contributed by atoms with Gasteiger partial charge in [0.2, 0.25) is 0 Å². The summed E-state index contributed by atoms with van der Waals surface area (Å²) >= 11 is 0. The molecule has 0 aliphatic carbocycles. The van der Waals surface area contributed by atoms with E-state index in [4.69, 9.17) is 5.26 Å². The number of benzene rings is 1. The maximum atomic E-state index is 8.71. The lowest BCUT2D eigenvalue weighted by atomic mass is 10.2. The van der Waals surface area contributed by atoms with Crippen LogP contribution in [0.2, 0.25) is 0 Å².